The Bertz CT molecular complexity index is 410. The zero-order valence-corrected chi connectivity index (χ0v) is 11.3. The minimum atomic E-state index is 0.187. The molecule has 0 unspecified atom stereocenters. The second-order valence-corrected chi connectivity index (χ2v) is 5.92. The molecule has 2 nitrogen and oxygen atoms in total. The molecule has 0 amide bonds. The van der Waals surface area contributed by atoms with E-state index in [4.69, 9.17) is 0 Å². The third-order valence-corrected chi connectivity index (χ3v) is 3.37. The first-order chi connectivity index (χ1) is 7.97. The molecule has 1 aliphatic heterocycles. The van der Waals surface area contributed by atoms with E-state index in [0.29, 0.717) is 0 Å². The van der Waals surface area contributed by atoms with Crippen molar-refractivity contribution < 1.29 is 0 Å². The second kappa shape index (κ2) is 4.61. The van der Waals surface area contributed by atoms with Gasteiger partial charge in [-0.25, -0.2) is 0 Å². The molecule has 2 heterocycles. The van der Waals surface area contributed by atoms with E-state index in [1.165, 1.54) is 11.1 Å². The molecule has 92 valence electrons. The summed E-state index contributed by atoms with van der Waals surface area (Å²) in [4.78, 5) is 6.93. The van der Waals surface area contributed by atoms with Gasteiger partial charge in [0.2, 0.25) is 0 Å². The molecule has 0 aliphatic carbocycles. The predicted molar refractivity (Wildman–Crippen MR) is 73.0 cm³/mol. The lowest BCUT2D eigenvalue weighted by atomic mass is 9.88. The Balaban J connectivity index is 2.19. The largest absolute Gasteiger partial charge is 0.302 e. The summed E-state index contributed by atoms with van der Waals surface area (Å²) in [7, 11) is 2.16. The van der Waals surface area contributed by atoms with Gasteiger partial charge in [0.05, 0.1) is 5.69 Å². The van der Waals surface area contributed by atoms with Gasteiger partial charge in [-0.1, -0.05) is 32.9 Å². The molecule has 0 N–H and O–H groups in total. The maximum Gasteiger partial charge on any atom is 0.0659 e. The fraction of sp³-hybridized carbons (Fsp3) is 0.533. The van der Waals surface area contributed by atoms with E-state index in [9.17, 15) is 0 Å². The van der Waals surface area contributed by atoms with Crippen LogP contribution in [0.15, 0.2) is 24.4 Å². The fourth-order valence-corrected chi connectivity index (χ4v) is 2.03. The zero-order valence-electron chi connectivity index (χ0n) is 11.3. The lowest BCUT2D eigenvalue weighted by Crippen LogP contribution is -2.23. The van der Waals surface area contributed by atoms with Gasteiger partial charge >= 0.3 is 0 Å². The Kier molecular flexibility index (Phi) is 3.34. The smallest absolute Gasteiger partial charge is 0.0659 e. The highest BCUT2D eigenvalue weighted by atomic mass is 15.1. The van der Waals surface area contributed by atoms with Crippen LogP contribution >= 0.6 is 0 Å². The summed E-state index contributed by atoms with van der Waals surface area (Å²) in [6, 6.07) is 4.37. The molecule has 0 spiro atoms. The summed E-state index contributed by atoms with van der Waals surface area (Å²) < 4.78 is 0. The van der Waals surface area contributed by atoms with Crippen LogP contribution in [0.5, 0.6) is 0 Å². The van der Waals surface area contributed by atoms with Crippen molar-refractivity contribution in [1.82, 2.24) is 9.88 Å². The van der Waals surface area contributed by atoms with Gasteiger partial charge in [0.25, 0.3) is 0 Å². The zero-order chi connectivity index (χ0) is 12.5. The Morgan fingerprint density at radius 3 is 2.47 bits per heavy atom. The van der Waals surface area contributed by atoms with Gasteiger partial charge in [0.1, 0.15) is 0 Å². The lowest BCUT2D eigenvalue weighted by molar-refractivity contribution is 0.369. The summed E-state index contributed by atoms with van der Waals surface area (Å²) in [5.41, 5.74) is 4.02. The van der Waals surface area contributed by atoms with Crippen LogP contribution in [0.3, 0.4) is 0 Å². The quantitative estimate of drug-likeness (QED) is 0.737. The van der Waals surface area contributed by atoms with E-state index in [1.807, 2.05) is 6.20 Å². The monoisotopic (exact) mass is 230 g/mol. The molecule has 1 aromatic heterocycles. The van der Waals surface area contributed by atoms with Gasteiger partial charge in [-0.15, -0.1) is 0 Å². The third-order valence-electron chi connectivity index (χ3n) is 3.37. The van der Waals surface area contributed by atoms with Crippen molar-refractivity contribution in [2.24, 2.45) is 0 Å². The van der Waals surface area contributed by atoms with Crippen LogP contribution in [0, 0.1) is 0 Å². The van der Waals surface area contributed by atoms with Crippen LogP contribution in [0.1, 0.15) is 38.4 Å². The third kappa shape index (κ3) is 2.95. The van der Waals surface area contributed by atoms with Gasteiger partial charge < -0.3 is 4.90 Å². The number of nitrogens with zero attached hydrogens (tertiary/aromatic N) is 2. The average molecular weight is 230 g/mol. The number of hydrogen-bond acceptors (Lipinski definition) is 2. The molecule has 1 aromatic rings. The maximum absolute atomic E-state index is 4.61. The normalized spacial score (nSPS) is 18.0. The lowest BCUT2D eigenvalue weighted by Gasteiger charge is -2.22. The Morgan fingerprint density at radius 1 is 1.24 bits per heavy atom. The molecule has 0 aromatic carbocycles. The molecule has 0 saturated carbocycles. The molecule has 0 radical (unpaired) electrons. The molecule has 0 fully saturated rings. The highest BCUT2D eigenvalue weighted by Crippen LogP contribution is 2.24. The van der Waals surface area contributed by atoms with E-state index in [1.54, 1.807) is 0 Å². The molecular formula is C15H22N2. The van der Waals surface area contributed by atoms with Crippen LogP contribution in [0.2, 0.25) is 0 Å². The first-order valence-electron chi connectivity index (χ1n) is 6.31. The molecule has 17 heavy (non-hydrogen) atoms. The van der Waals surface area contributed by atoms with Crippen molar-refractivity contribution >= 4 is 5.57 Å². The summed E-state index contributed by atoms with van der Waals surface area (Å²) in [6.45, 7) is 8.84. The number of aromatic nitrogens is 1. The summed E-state index contributed by atoms with van der Waals surface area (Å²) >= 11 is 0. The van der Waals surface area contributed by atoms with Crippen molar-refractivity contribution in [3.05, 3.63) is 35.7 Å². The molecule has 1 aliphatic rings. The highest BCUT2D eigenvalue weighted by molar-refractivity contribution is 5.63. The van der Waals surface area contributed by atoms with Gasteiger partial charge in [0.15, 0.2) is 0 Å². The number of likely N-dealkylation sites (N-methyl/N-ethyl adjacent to an activating group) is 1. The van der Waals surface area contributed by atoms with E-state index >= 15 is 0 Å². The standard InChI is InChI=1S/C15H22N2/c1-15(2,3)13-5-6-14(16-11-13)12-7-9-17(4)10-8-12/h5-7,11H,8-10H2,1-4H3. The average Bonchev–Trinajstić information content (AvgIpc) is 2.29. The van der Waals surface area contributed by atoms with Gasteiger partial charge in [0, 0.05) is 19.3 Å². The molecule has 2 rings (SSSR count). The molecule has 2 heteroatoms. The summed E-state index contributed by atoms with van der Waals surface area (Å²) in [5.74, 6) is 0. The number of hydrogen-bond donors (Lipinski definition) is 0. The number of rotatable bonds is 1. The first kappa shape index (κ1) is 12.3. The molecule has 0 atom stereocenters. The Labute approximate surface area is 104 Å². The van der Waals surface area contributed by atoms with Crippen LogP contribution < -0.4 is 0 Å². The SMILES string of the molecule is CN1CC=C(c2ccc(C(C)(C)C)cn2)CC1. The van der Waals surface area contributed by atoms with Gasteiger partial charge in [-0.2, -0.15) is 0 Å². The van der Waals surface area contributed by atoms with Crippen LogP contribution in [-0.4, -0.2) is 30.0 Å². The van der Waals surface area contributed by atoms with Crippen molar-refractivity contribution in [3.8, 4) is 0 Å². The molecular weight excluding hydrogens is 208 g/mol. The van der Waals surface area contributed by atoms with Crippen molar-refractivity contribution in [2.45, 2.75) is 32.6 Å². The topological polar surface area (TPSA) is 16.1 Å². The van der Waals surface area contributed by atoms with E-state index in [0.717, 1.165) is 25.2 Å². The van der Waals surface area contributed by atoms with Crippen LogP contribution in [0.25, 0.3) is 5.57 Å². The Morgan fingerprint density at radius 2 is 2.00 bits per heavy atom. The van der Waals surface area contributed by atoms with Crippen LogP contribution in [-0.2, 0) is 5.41 Å². The van der Waals surface area contributed by atoms with Gasteiger partial charge in [-0.3, -0.25) is 4.98 Å². The summed E-state index contributed by atoms with van der Waals surface area (Å²) in [5, 5.41) is 0. The summed E-state index contributed by atoms with van der Waals surface area (Å²) in [6.07, 6.45) is 5.43. The minimum Gasteiger partial charge on any atom is -0.302 e. The van der Waals surface area contributed by atoms with Gasteiger partial charge in [-0.05, 0) is 36.1 Å². The second-order valence-electron chi connectivity index (χ2n) is 5.92. The maximum atomic E-state index is 4.61. The first-order valence-corrected chi connectivity index (χ1v) is 6.31. The van der Waals surface area contributed by atoms with Crippen molar-refractivity contribution in [2.75, 3.05) is 20.1 Å². The van der Waals surface area contributed by atoms with Crippen molar-refractivity contribution in [3.63, 3.8) is 0 Å². The number of pyridine rings is 1. The van der Waals surface area contributed by atoms with Crippen LogP contribution in [0.4, 0.5) is 0 Å². The molecule has 0 bridgehead atoms. The molecule has 0 saturated heterocycles. The van der Waals surface area contributed by atoms with E-state index < -0.39 is 0 Å². The fourth-order valence-electron chi connectivity index (χ4n) is 2.03. The Hall–Kier alpha value is -1.15. The van der Waals surface area contributed by atoms with Crippen molar-refractivity contribution in [1.29, 1.82) is 0 Å². The van der Waals surface area contributed by atoms with E-state index in [-0.39, 0.29) is 5.41 Å². The van der Waals surface area contributed by atoms with E-state index in [2.05, 4.69) is 55.9 Å². The minimum absolute atomic E-state index is 0.187. The highest BCUT2D eigenvalue weighted by Gasteiger charge is 2.15. The predicted octanol–water partition coefficient (Wildman–Crippen LogP) is 3.10.